The Morgan fingerprint density at radius 3 is 3.00 bits per heavy atom. The summed E-state index contributed by atoms with van der Waals surface area (Å²) in [7, 11) is 0. The van der Waals surface area contributed by atoms with Gasteiger partial charge < -0.3 is 15.0 Å². The van der Waals surface area contributed by atoms with Gasteiger partial charge in [-0.1, -0.05) is 25.1 Å². The van der Waals surface area contributed by atoms with Gasteiger partial charge in [-0.15, -0.1) is 0 Å². The lowest BCUT2D eigenvalue weighted by molar-refractivity contribution is 0.137. The highest BCUT2D eigenvalue weighted by Crippen LogP contribution is 2.21. The number of aryl methyl sites for hydroxylation is 1. The minimum atomic E-state index is 0.0671. The first-order chi connectivity index (χ1) is 10.2. The number of rotatable bonds is 5. The Bertz CT molecular complexity index is 462. The van der Waals surface area contributed by atoms with Crippen LogP contribution in [0, 0.1) is 12.8 Å². The van der Waals surface area contributed by atoms with Gasteiger partial charge >= 0.3 is 6.03 Å². The van der Waals surface area contributed by atoms with Crippen molar-refractivity contribution in [1.82, 2.24) is 10.2 Å². The highest BCUT2D eigenvalue weighted by Gasteiger charge is 2.23. The molecular weight excluding hydrogens is 264 g/mol. The van der Waals surface area contributed by atoms with Crippen LogP contribution in [0.25, 0.3) is 0 Å². The lowest BCUT2D eigenvalue weighted by atomic mass is 9.99. The fourth-order valence-electron chi connectivity index (χ4n) is 2.66. The minimum absolute atomic E-state index is 0.0671. The lowest BCUT2D eigenvalue weighted by Gasteiger charge is -2.32. The molecule has 0 saturated carbocycles. The van der Waals surface area contributed by atoms with Crippen molar-refractivity contribution < 1.29 is 9.53 Å². The summed E-state index contributed by atoms with van der Waals surface area (Å²) in [6.07, 6.45) is 3.16. The van der Waals surface area contributed by atoms with Gasteiger partial charge in [-0.05, 0) is 37.8 Å². The average Bonchev–Trinajstić information content (AvgIpc) is 2.52. The third-order valence-electron chi connectivity index (χ3n) is 3.90. The van der Waals surface area contributed by atoms with E-state index in [0.717, 1.165) is 50.2 Å². The zero-order chi connectivity index (χ0) is 15.1. The van der Waals surface area contributed by atoms with Gasteiger partial charge in [0.15, 0.2) is 0 Å². The quantitative estimate of drug-likeness (QED) is 0.904. The third-order valence-corrected chi connectivity index (χ3v) is 3.90. The first-order valence-corrected chi connectivity index (χ1v) is 7.92. The highest BCUT2D eigenvalue weighted by atomic mass is 16.5. The number of ether oxygens (including phenoxy) is 1. The molecule has 2 rings (SSSR count). The Labute approximate surface area is 127 Å². The van der Waals surface area contributed by atoms with Crippen molar-refractivity contribution in [3.05, 3.63) is 29.8 Å². The van der Waals surface area contributed by atoms with E-state index in [1.165, 1.54) is 0 Å². The molecule has 4 nitrogen and oxygen atoms in total. The number of nitrogens with one attached hydrogen (secondary N) is 1. The summed E-state index contributed by atoms with van der Waals surface area (Å²) in [6.45, 7) is 7.20. The molecule has 2 amide bonds. The second kappa shape index (κ2) is 7.91. The molecule has 1 aliphatic heterocycles. The summed E-state index contributed by atoms with van der Waals surface area (Å²) >= 11 is 0. The molecule has 1 aromatic rings. The smallest absolute Gasteiger partial charge is 0.317 e. The fourth-order valence-corrected chi connectivity index (χ4v) is 2.66. The van der Waals surface area contributed by atoms with Crippen LogP contribution in [0.15, 0.2) is 24.3 Å². The number of nitrogens with zero attached hydrogens (tertiary/aromatic N) is 1. The van der Waals surface area contributed by atoms with Crippen LogP contribution < -0.4 is 10.1 Å². The van der Waals surface area contributed by atoms with Gasteiger partial charge in [0.2, 0.25) is 0 Å². The normalized spacial score (nSPS) is 18.4. The molecule has 1 unspecified atom stereocenters. The number of para-hydroxylation sites is 1. The average molecular weight is 290 g/mol. The number of carbonyl (C=O) groups is 1. The molecular formula is C17H26N2O2. The van der Waals surface area contributed by atoms with Crippen molar-refractivity contribution in [2.45, 2.75) is 33.1 Å². The number of likely N-dealkylation sites (tertiary alicyclic amines) is 1. The predicted molar refractivity (Wildman–Crippen MR) is 84.7 cm³/mol. The fraction of sp³-hybridized carbons (Fsp3) is 0.588. The summed E-state index contributed by atoms with van der Waals surface area (Å²) in [5.41, 5.74) is 1.16. The molecule has 0 aliphatic carbocycles. The number of piperidine rings is 1. The number of hydrogen-bond acceptors (Lipinski definition) is 2. The van der Waals surface area contributed by atoms with E-state index in [1.54, 1.807) is 0 Å². The first kappa shape index (κ1) is 15.7. The van der Waals surface area contributed by atoms with E-state index in [4.69, 9.17) is 4.74 Å². The molecule has 116 valence electrons. The van der Waals surface area contributed by atoms with Crippen molar-refractivity contribution >= 4 is 6.03 Å². The Morgan fingerprint density at radius 1 is 1.43 bits per heavy atom. The molecule has 0 radical (unpaired) electrons. The molecule has 21 heavy (non-hydrogen) atoms. The Hall–Kier alpha value is -1.71. The molecule has 1 aliphatic rings. The van der Waals surface area contributed by atoms with Gasteiger partial charge in [-0.2, -0.15) is 0 Å². The van der Waals surface area contributed by atoms with Gasteiger partial charge in [0, 0.05) is 25.6 Å². The van der Waals surface area contributed by atoms with Gasteiger partial charge in [0.05, 0.1) is 6.61 Å². The molecule has 1 heterocycles. The Balaban J connectivity index is 1.81. The third kappa shape index (κ3) is 4.66. The van der Waals surface area contributed by atoms with Crippen LogP contribution in [0.5, 0.6) is 5.75 Å². The Kier molecular flexibility index (Phi) is 5.90. The SMILES string of the molecule is CCCNC(=O)N1CCCC(COc2ccccc2C)C1. The number of carbonyl (C=O) groups excluding carboxylic acids is 1. The molecule has 4 heteroatoms. The van der Waals surface area contributed by atoms with Crippen LogP contribution in [-0.2, 0) is 0 Å². The Morgan fingerprint density at radius 2 is 2.24 bits per heavy atom. The lowest BCUT2D eigenvalue weighted by Crippen LogP contribution is -2.46. The van der Waals surface area contributed by atoms with E-state index in [0.29, 0.717) is 12.5 Å². The standard InChI is InChI=1S/C17H26N2O2/c1-3-10-18-17(20)19-11-6-8-15(12-19)13-21-16-9-5-4-7-14(16)2/h4-5,7,9,15H,3,6,8,10-13H2,1-2H3,(H,18,20). The van der Waals surface area contributed by atoms with Crippen LogP contribution in [0.2, 0.25) is 0 Å². The second-order valence-corrected chi connectivity index (χ2v) is 5.76. The molecule has 1 fully saturated rings. The van der Waals surface area contributed by atoms with Crippen molar-refractivity contribution in [2.24, 2.45) is 5.92 Å². The monoisotopic (exact) mass is 290 g/mol. The maximum atomic E-state index is 12.0. The number of benzene rings is 1. The van der Waals surface area contributed by atoms with Crippen LogP contribution in [0.1, 0.15) is 31.7 Å². The highest BCUT2D eigenvalue weighted by molar-refractivity contribution is 5.74. The zero-order valence-corrected chi connectivity index (χ0v) is 13.1. The van der Waals surface area contributed by atoms with Crippen molar-refractivity contribution in [3.8, 4) is 5.75 Å². The van der Waals surface area contributed by atoms with Gasteiger partial charge in [-0.25, -0.2) is 4.79 Å². The van der Waals surface area contributed by atoms with Crippen LogP contribution >= 0.6 is 0 Å². The molecule has 0 aromatic heterocycles. The summed E-state index contributed by atoms with van der Waals surface area (Å²) in [4.78, 5) is 13.9. The van der Waals surface area contributed by atoms with Crippen LogP contribution in [0.3, 0.4) is 0 Å². The van der Waals surface area contributed by atoms with E-state index in [2.05, 4.69) is 25.2 Å². The van der Waals surface area contributed by atoms with Crippen LogP contribution in [-0.4, -0.2) is 37.2 Å². The van der Waals surface area contributed by atoms with E-state index in [-0.39, 0.29) is 6.03 Å². The van der Waals surface area contributed by atoms with Gasteiger partial charge in [0.1, 0.15) is 5.75 Å². The topological polar surface area (TPSA) is 41.6 Å². The predicted octanol–water partition coefficient (Wildman–Crippen LogP) is 3.21. The minimum Gasteiger partial charge on any atom is -0.493 e. The second-order valence-electron chi connectivity index (χ2n) is 5.76. The van der Waals surface area contributed by atoms with Gasteiger partial charge in [-0.3, -0.25) is 0 Å². The summed E-state index contributed by atoms with van der Waals surface area (Å²) in [6, 6.07) is 8.14. The van der Waals surface area contributed by atoms with E-state index in [1.807, 2.05) is 23.1 Å². The molecule has 1 saturated heterocycles. The number of amides is 2. The molecule has 0 bridgehead atoms. The largest absolute Gasteiger partial charge is 0.493 e. The number of urea groups is 1. The van der Waals surface area contributed by atoms with Crippen molar-refractivity contribution in [2.75, 3.05) is 26.2 Å². The molecule has 1 aromatic carbocycles. The number of hydrogen-bond donors (Lipinski definition) is 1. The first-order valence-electron chi connectivity index (χ1n) is 7.92. The molecule has 0 spiro atoms. The van der Waals surface area contributed by atoms with E-state index in [9.17, 15) is 4.79 Å². The van der Waals surface area contributed by atoms with Crippen molar-refractivity contribution in [1.29, 1.82) is 0 Å². The maximum Gasteiger partial charge on any atom is 0.317 e. The van der Waals surface area contributed by atoms with E-state index >= 15 is 0 Å². The van der Waals surface area contributed by atoms with Crippen LogP contribution in [0.4, 0.5) is 4.79 Å². The molecule has 1 atom stereocenters. The summed E-state index contributed by atoms with van der Waals surface area (Å²) in [5, 5.41) is 2.95. The summed E-state index contributed by atoms with van der Waals surface area (Å²) < 4.78 is 5.93. The summed E-state index contributed by atoms with van der Waals surface area (Å²) in [5.74, 6) is 1.37. The zero-order valence-electron chi connectivity index (χ0n) is 13.1. The van der Waals surface area contributed by atoms with Crippen molar-refractivity contribution in [3.63, 3.8) is 0 Å². The maximum absolute atomic E-state index is 12.0. The van der Waals surface area contributed by atoms with Gasteiger partial charge in [0.25, 0.3) is 0 Å². The molecule has 1 N–H and O–H groups in total. The van der Waals surface area contributed by atoms with E-state index < -0.39 is 0 Å².